The Morgan fingerprint density at radius 1 is 1.17 bits per heavy atom. The van der Waals surface area contributed by atoms with Gasteiger partial charge in [0.1, 0.15) is 33.0 Å². The number of rotatable bonds is 3. The maximum Gasteiger partial charge on any atom is 0.269 e. The van der Waals surface area contributed by atoms with Crippen LogP contribution in [0, 0.1) is 18.3 Å². The Morgan fingerprint density at radius 2 is 1.93 bits per heavy atom. The van der Waals surface area contributed by atoms with E-state index in [4.69, 9.17) is 11.5 Å². The standard InChI is InChI=1S/C21H16N6OS/c1-11-6-5-9-25-19(11)27-20(28)17-16(23)15-14(12-7-3-2-4-8-12)13(10-22)18(24)26-21(15)29-17/h2-9H,23H2,1H3,(H2,24,26)(H,25,27,28). The fraction of sp³-hybridized carbons (Fsp3) is 0.0476. The predicted octanol–water partition coefficient (Wildman–Crippen LogP) is 3.96. The van der Waals surface area contributed by atoms with Gasteiger partial charge in [-0.25, -0.2) is 9.97 Å². The summed E-state index contributed by atoms with van der Waals surface area (Å²) in [6.07, 6.45) is 1.60. The largest absolute Gasteiger partial charge is 0.397 e. The molecule has 0 bridgehead atoms. The summed E-state index contributed by atoms with van der Waals surface area (Å²) in [5, 5.41) is 13.0. The minimum Gasteiger partial charge on any atom is -0.397 e. The Labute approximate surface area is 170 Å². The third kappa shape index (κ3) is 3.13. The summed E-state index contributed by atoms with van der Waals surface area (Å²) in [6, 6.07) is 15.1. The van der Waals surface area contributed by atoms with Crippen molar-refractivity contribution >= 4 is 44.8 Å². The van der Waals surface area contributed by atoms with Crippen LogP contribution < -0.4 is 16.8 Å². The lowest BCUT2D eigenvalue weighted by molar-refractivity contribution is 0.103. The van der Waals surface area contributed by atoms with Crippen molar-refractivity contribution in [1.82, 2.24) is 9.97 Å². The highest BCUT2D eigenvalue weighted by molar-refractivity contribution is 7.21. The number of anilines is 3. The van der Waals surface area contributed by atoms with E-state index < -0.39 is 0 Å². The molecule has 7 nitrogen and oxygen atoms in total. The van der Waals surface area contributed by atoms with Crippen molar-refractivity contribution in [3.05, 3.63) is 64.7 Å². The second-order valence-electron chi connectivity index (χ2n) is 6.37. The Balaban J connectivity index is 1.91. The second-order valence-corrected chi connectivity index (χ2v) is 7.37. The first-order valence-corrected chi connectivity index (χ1v) is 9.52. The van der Waals surface area contributed by atoms with Crippen LogP contribution in [-0.4, -0.2) is 15.9 Å². The molecule has 0 saturated heterocycles. The topological polar surface area (TPSA) is 131 Å². The van der Waals surface area contributed by atoms with Crippen molar-refractivity contribution in [2.45, 2.75) is 6.92 Å². The molecule has 0 saturated carbocycles. The van der Waals surface area contributed by atoms with Gasteiger partial charge in [-0.05, 0) is 24.1 Å². The van der Waals surface area contributed by atoms with Crippen molar-refractivity contribution in [2.75, 3.05) is 16.8 Å². The van der Waals surface area contributed by atoms with E-state index in [9.17, 15) is 10.1 Å². The number of nitrogens with zero attached hydrogens (tertiary/aromatic N) is 3. The van der Waals surface area contributed by atoms with Crippen molar-refractivity contribution in [2.24, 2.45) is 0 Å². The van der Waals surface area contributed by atoms with Crippen molar-refractivity contribution < 1.29 is 4.79 Å². The highest BCUT2D eigenvalue weighted by Crippen LogP contribution is 2.42. The van der Waals surface area contributed by atoms with Gasteiger partial charge in [0.2, 0.25) is 0 Å². The zero-order valence-corrected chi connectivity index (χ0v) is 16.2. The van der Waals surface area contributed by atoms with E-state index in [-0.39, 0.29) is 23.0 Å². The van der Waals surface area contributed by atoms with Crippen LogP contribution in [0.25, 0.3) is 21.3 Å². The van der Waals surface area contributed by atoms with Crippen LogP contribution >= 0.6 is 11.3 Å². The van der Waals surface area contributed by atoms with Crippen molar-refractivity contribution in [3.8, 4) is 17.2 Å². The van der Waals surface area contributed by atoms with Crippen LogP contribution in [0.4, 0.5) is 17.3 Å². The minimum absolute atomic E-state index is 0.104. The highest BCUT2D eigenvalue weighted by atomic mass is 32.1. The van der Waals surface area contributed by atoms with Gasteiger partial charge in [0.25, 0.3) is 5.91 Å². The average molecular weight is 400 g/mol. The normalized spacial score (nSPS) is 10.6. The highest BCUT2D eigenvalue weighted by Gasteiger charge is 2.24. The molecule has 3 aromatic heterocycles. The molecule has 4 aromatic rings. The van der Waals surface area contributed by atoms with Crippen LogP contribution in [-0.2, 0) is 0 Å². The van der Waals surface area contributed by atoms with E-state index in [1.165, 1.54) is 0 Å². The molecule has 4 rings (SSSR count). The summed E-state index contributed by atoms with van der Waals surface area (Å²) >= 11 is 1.13. The monoisotopic (exact) mass is 400 g/mol. The van der Waals surface area contributed by atoms with E-state index in [2.05, 4.69) is 21.4 Å². The van der Waals surface area contributed by atoms with E-state index in [1.807, 2.05) is 43.3 Å². The fourth-order valence-electron chi connectivity index (χ4n) is 3.13. The van der Waals surface area contributed by atoms with Gasteiger partial charge < -0.3 is 16.8 Å². The molecular formula is C21H16N6OS. The minimum atomic E-state index is -0.386. The summed E-state index contributed by atoms with van der Waals surface area (Å²) in [4.78, 5) is 22.2. The number of amides is 1. The van der Waals surface area contributed by atoms with Crippen LogP contribution in [0.1, 0.15) is 20.8 Å². The predicted molar refractivity (Wildman–Crippen MR) is 116 cm³/mol. The lowest BCUT2D eigenvalue weighted by Gasteiger charge is -2.09. The molecule has 0 unspecified atom stereocenters. The van der Waals surface area contributed by atoms with Gasteiger partial charge in [0, 0.05) is 17.1 Å². The number of benzene rings is 1. The van der Waals surface area contributed by atoms with E-state index in [0.717, 1.165) is 22.5 Å². The molecule has 142 valence electrons. The number of nitrogens with two attached hydrogens (primary N) is 2. The molecule has 0 aliphatic heterocycles. The summed E-state index contributed by atoms with van der Waals surface area (Å²) in [5.74, 6) is 0.179. The van der Waals surface area contributed by atoms with Gasteiger partial charge in [-0.15, -0.1) is 11.3 Å². The first-order valence-electron chi connectivity index (χ1n) is 8.71. The molecule has 0 atom stereocenters. The number of nitrogen functional groups attached to an aromatic ring is 2. The Hall–Kier alpha value is -3.96. The van der Waals surface area contributed by atoms with Gasteiger partial charge in [0.15, 0.2) is 0 Å². The Morgan fingerprint density at radius 3 is 2.62 bits per heavy atom. The summed E-state index contributed by atoms with van der Waals surface area (Å²) < 4.78 is 0. The Bertz CT molecular complexity index is 1290. The smallest absolute Gasteiger partial charge is 0.269 e. The number of pyridine rings is 2. The maximum absolute atomic E-state index is 12.9. The third-order valence-electron chi connectivity index (χ3n) is 4.53. The van der Waals surface area contributed by atoms with Crippen LogP contribution in [0.15, 0.2) is 48.7 Å². The second kappa shape index (κ2) is 7.22. The number of nitrogens with one attached hydrogen (secondary N) is 1. The number of aromatic nitrogens is 2. The van der Waals surface area contributed by atoms with Crippen LogP contribution in [0.5, 0.6) is 0 Å². The number of aryl methyl sites for hydroxylation is 1. The van der Waals surface area contributed by atoms with Crippen LogP contribution in [0.2, 0.25) is 0 Å². The van der Waals surface area contributed by atoms with Gasteiger partial charge in [0.05, 0.1) is 5.69 Å². The van der Waals surface area contributed by atoms with Gasteiger partial charge >= 0.3 is 0 Å². The van der Waals surface area contributed by atoms with E-state index in [0.29, 0.717) is 26.5 Å². The molecule has 5 N–H and O–H groups in total. The fourth-order valence-corrected chi connectivity index (χ4v) is 4.13. The average Bonchev–Trinajstić information content (AvgIpc) is 3.05. The first-order chi connectivity index (χ1) is 14.0. The zero-order chi connectivity index (χ0) is 20.5. The number of fused-ring (bicyclic) bond motifs is 1. The van der Waals surface area contributed by atoms with Crippen molar-refractivity contribution in [3.63, 3.8) is 0 Å². The molecule has 8 heteroatoms. The zero-order valence-electron chi connectivity index (χ0n) is 15.4. The lowest BCUT2D eigenvalue weighted by atomic mass is 9.97. The van der Waals surface area contributed by atoms with Crippen molar-refractivity contribution in [1.29, 1.82) is 5.26 Å². The molecule has 3 heterocycles. The number of thiophene rings is 1. The molecule has 29 heavy (non-hydrogen) atoms. The first kappa shape index (κ1) is 18.4. The Kier molecular flexibility index (Phi) is 4.58. The molecule has 1 aromatic carbocycles. The molecule has 0 aliphatic rings. The third-order valence-corrected chi connectivity index (χ3v) is 5.62. The molecule has 0 spiro atoms. The molecule has 0 aliphatic carbocycles. The molecule has 0 radical (unpaired) electrons. The number of hydrogen-bond acceptors (Lipinski definition) is 7. The van der Waals surface area contributed by atoms with E-state index >= 15 is 0 Å². The molecular weight excluding hydrogens is 384 g/mol. The maximum atomic E-state index is 12.9. The number of carbonyl (C=O) groups is 1. The molecule has 0 fully saturated rings. The molecule has 1 amide bonds. The number of carbonyl (C=O) groups excluding carboxylic acids is 1. The van der Waals surface area contributed by atoms with Gasteiger partial charge in [-0.2, -0.15) is 5.26 Å². The summed E-state index contributed by atoms with van der Waals surface area (Å²) in [6.45, 7) is 1.85. The van der Waals surface area contributed by atoms with Gasteiger partial charge in [-0.3, -0.25) is 4.79 Å². The summed E-state index contributed by atoms with van der Waals surface area (Å²) in [7, 11) is 0. The summed E-state index contributed by atoms with van der Waals surface area (Å²) in [5.41, 5.74) is 15.1. The SMILES string of the molecule is Cc1cccnc1NC(=O)c1sc2nc(N)c(C#N)c(-c3ccccc3)c2c1N. The number of hydrogen-bond donors (Lipinski definition) is 3. The van der Waals surface area contributed by atoms with Crippen LogP contribution in [0.3, 0.4) is 0 Å². The van der Waals surface area contributed by atoms with E-state index in [1.54, 1.807) is 12.3 Å². The quantitative estimate of drug-likeness (QED) is 0.477. The number of nitriles is 1. The van der Waals surface area contributed by atoms with Gasteiger partial charge in [-0.1, -0.05) is 36.4 Å². The lowest BCUT2D eigenvalue weighted by Crippen LogP contribution is -2.13.